The Morgan fingerprint density at radius 1 is 0.789 bits per heavy atom. The van der Waals surface area contributed by atoms with Crippen LogP contribution in [0, 0.1) is 0 Å². The lowest BCUT2D eigenvalue weighted by atomic mass is 10.1. The van der Waals surface area contributed by atoms with E-state index in [1.807, 2.05) is 30.3 Å². The summed E-state index contributed by atoms with van der Waals surface area (Å²) in [4.78, 5) is 11.6. The van der Waals surface area contributed by atoms with E-state index in [2.05, 4.69) is 0 Å². The van der Waals surface area contributed by atoms with Gasteiger partial charge >= 0.3 is 0 Å². The lowest BCUT2D eigenvalue weighted by molar-refractivity contribution is -0.110. The molecule has 0 saturated carbocycles. The van der Waals surface area contributed by atoms with E-state index in [4.69, 9.17) is 5.11 Å². The monoisotopic (exact) mass is 250 g/mol. The van der Waals surface area contributed by atoms with Gasteiger partial charge in [-0.15, -0.1) is 0 Å². The highest BCUT2D eigenvalue weighted by molar-refractivity contribution is 6.04. The number of allylic oxidation sites excluding steroid dienone is 2. The third-order valence-electron chi connectivity index (χ3n) is 2.57. The first-order chi connectivity index (χ1) is 9.24. The third-order valence-corrected chi connectivity index (χ3v) is 2.57. The first-order valence-electron chi connectivity index (χ1n) is 5.98. The number of phenols is 1. The number of aromatic hydroxyl groups is 1. The van der Waals surface area contributed by atoms with Crippen LogP contribution in [-0.4, -0.2) is 10.9 Å². The normalized spacial score (nSPS) is 11.2. The van der Waals surface area contributed by atoms with E-state index in [1.54, 1.807) is 36.4 Å². The zero-order valence-corrected chi connectivity index (χ0v) is 10.4. The molecule has 0 unspecified atom stereocenters. The Kier molecular flexibility index (Phi) is 4.29. The molecule has 0 radical (unpaired) electrons. The summed E-state index contributed by atoms with van der Waals surface area (Å²) < 4.78 is 0. The molecule has 2 heteroatoms. The van der Waals surface area contributed by atoms with Crippen LogP contribution in [0.3, 0.4) is 0 Å². The first-order valence-corrected chi connectivity index (χ1v) is 5.98. The molecule has 2 aromatic carbocycles. The van der Waals surface area contributed by atoms with Gasteiger partial charge in [-0.05, 0) is 35.4 Å². The van der Waals surface area contributed by atoms with Gasteiger partial charge in [-0.3, -0.25) is 4.79 Å². The number of phenolic OH excluding ortho intramolecular Hbond substituents is 1. The topological polar surface area (TPSA) is 37.3 Å². The summed E-state index contributed by atoms with van der Waals surface area (Å²) in [6.45, 7) is 0. The standard InChI is InChI=1S/C17H14O2/c18-16(10-6-14-4-2-1-3-5-14)11-7-15-8-12-17(19)13-9-15/h1-13,19H/b10-6+,11-7+. The summed E-state index contributed by atoms with van der Waals surface area (Å²) in [5.74, 6) is 0.143. The number of benzene rings is 2. The average molecular weight is 250 g/mol. The third kappa shape index (κ3) is 4.28. The quantitative estimate of drug-likeness (QED) is 0.840. The summed E-state index contributed by atoms with van der Waals surface area (Å²) in [5, 5.41) is 9.14. The van der Waals surface area contributed by atoms with Gasteiger partial charge in [0.15, 0.2) is 5.78 Å². The van der Waals surface area contributed by atoms with E-state index in [-0.39, 0.29) is 11.5 Å². The average Bonchev–Trinajstić information content (AvgIpc) is 2.45. The van der Waals surface area contributed by atoms with Gasteiger partial charge < -0.3 is 5.11 Å². The van der Waals surface area contributed by atoms with E-state index >= 15 is 0 Å². The second-order valence-corrected chi connectivity index (χ2v) is 4.07. The summed E-state index contributed by atoms with van der Waals surface area (Å²) in [7, 11) is 0. The van der Waals surface area contributed by atoms with E-state index in [9.17, 15) is 4.79 Å². The van der Waals surface area contributed by atoms with Crippen molar-refractivity contribution < 1.29 is 9.90 Å². The summed E-state index contributed by atoms with van der Waals surface area (Å²) >= 11 is 0. The van der Waals surface area contributed by atoms with E-state index < -0.39 is 0 Å². The molecule has 0 spiro atoms. The maximum Gasteiger partial charge on any atom is 0.178 e. The molecule has 94 valence electrons. The smallest absolute Gasteiger partial charge is 0.178 e. The van der Waals surface area contributed by atoms with Crippen LogP contribution in [0.1, 0.15) is 11.1 Å². The predicted molar refractivity (Wildman–Crippen MR) is 77.6 cm³/mol. The van der Waals surface area contributed by atoms with Crippen molar-refractivity contribution in [2.45, 2.75) is 0 Å². The molecule has 2 rings (SSSR count). The SMILES string of the molecule is O=C(/C=C/c1ccccc1)/C=C/c1ccc(O)cc1. The molecule has 0 bridgehead atoms. The minimum atomic E-state index is -0.0723. The predicted octanol–water partition coefficient (Wildman–Crippen LogP) is 3.69. The molecule has 19 heavy (non-hydrogen) atoms. The first kappa shape index (κ1) is 12.8. The van der Waals surface area contributed by atoms with Crippen LogP contribution >= 0.6 is 0 Å². The van der Waals surface area contributed by atoms with Crippen molar-refractivity contribution in [1.29, 1.82) is 0 Å². The highest BCUT2D eigenvalue weighted by Crippen LogP contribution is 2.10. The largest absolute Gasteiger partial charge is 0.508 e. The van der Waals surface area contributed by atoms with Crippen molar-refractivity contribution >= 4 is 17.9 Å². The molecule has 0 aliphatic rings. The van der Waals surface area contributed by atoms with Gasteiger partial charge in [0.05, 0.1) is 0 Å². The molecule has 0 atom stereocenters. The number of rotatable bonds is 4. The number of hydrogen-bond donors (Lipinski definition) is 1. The van der Waals surface area contributed by atoms with Crippen LogP contribution in [0.5, 0.6) is 5.75 Å². The van der Waals surface area contributed by atoms with E-state index in [1.165, 1.54) is 12.2 Å². The summed E-state index contributed by atoms with van der Waals surface area (Å²) in [6.07, 6.45) is 6.54. The molecule has 1 N–H and O–H groups in total. The molecular formula is C17H14O2. The van der Waals surface area contributed by atoms with Crippen LogP contribution in [-0.2, 0) is 4.79 Å². The zero-order valence-electron chi connectivity index (χ0n) is 10.4. The fraction of sp³-hybridized carbons (Fsp3) is 0. The van der Waals surface area contributed by atoms with Gasteiger partial charge in [-0.1, -0.05) is 54.6 Å². The van der Waals surface area contributed by atoms with Crippen molar-refractivity contribution in [2.75, 3.05) is 0 Å². The van der Waals surface area contributed by atoms with Gasteiger partial charge in [0.2, 0.25) is 0 Å². The Morgan fingerprint density at radius 3 is 1.89 bits per heavy atom. The molecule has 0 amide bonds. The van der Waals surface area contributed by atoms with Gasteiger partial charge in [0, 0.05) is 0 Å². The van der Waals surface area contributed by atoms with E-state index in [0.29, 0.717) is 0 Å². The van der Waals surface area contributed by atoms with Gasteiger partial charge in [0.25, 0.3) is 0 Å². The minimum Gasteiger partial charge on any atom is -0.508 e. The number of carbonyl (C=O) groups excluding carboxylic acids is 1. The zero-order chi connectivity index (χ0) is 13.5. The Morgan fingerprint density at radius 2 is 1.32 bits per heavy atom. The fourth-order valence-electron chi connectivity index (χ4n) is 1.56. The lowest BCUT2D eigenvalue weighted by Crippen LogP contribution is -1.84. The Bertz CT molecular complexity index is 593. The van der Waals surface area contributed by atoms with Crippen molar-refractivity contribution in [3.63, 3.8) is 0 Å². The van der Waals surface area contributed by atoms with Crippen LogP contribution < -0.4 is 0 Å². The molecule has 0 fully saturated rings. The highest BCUT2D eigenvalue weighted by atomic mass is 16.3. The second-order valence-electron chi connectivity index (χ2n) is 4.07. The second kappa shape index (κ2) is 6.36. The Hall–Kier alpha value is -2.61. The van der Waals surface area contributed by atoms with Crippen LogP contribution in [0.15, 0.2) is 66.7 Å². The van der Waals surface area contributed by atoms with Crippen LogP contribution in [0.4, 0.5) is 0 Å². The van der Waals surface area contributed by atoms with Gasteiger partial charge in [-0.25, -0.2) is 0 Å². The minimum absolute atomic E-state index is 0.0723. The summed E-state index contributed by atoms with van der Waals surface area (Å²) in [6, 6.07) is 16.3. The number of ketones is 1. The lowest BCUT2D eigenvalue weighted by Gasteiger charge is -1.93. The highest BCUT2D eigenvalue weighted by Gasteiger charge is 1.91. The molecule has 0 aliphatic carbocycles. The maximum atomic E-state index is 11.6. The molecule has 0 aliphatic heterocycles. The van der Waals surface area contributed by atoms with Crippen molar-refractivity contribution in [1.82, 2.24) is 0 Å². The van der Waals surface area contributed by atoms with Crippen LogP contribution in [0.25, 0.3) is 12.2 Å². The molecule has 2 aromatic rings. The molecule has 0 aromatic heterocycles. The van der Waals surface area contributed by atoms with Crippen molar-refractivity contribution in [3.8, 4) is 5.75 Å². The number of carbonyl (C=O) groups is 1. The molecule has 0 heterocycles. The molecule has 2 nitrogen and oxygen atoms in total. The molecule has 0 saturated heterocycles. The summed E-state index contributed by atoms with van der Waals surface area (Å²) in [5.41, 5.74) is 1.87. The Balaban J connectivity index is 1.98. The van der Waals surface area contributed by atoms with Crippen molar-refractivity contribution in [3.05, 3.63) is 77.9 Å². The maximum absolute atomic E-state index is 11.6. The Labute approximate surface area is 112 Å². The van der Waals surface area contributed by atoms with Crippen LogP contribution in [0.2, 0.25) is 0 Å². The van der Waals surface area contributed by atoms with Gasteiger partial charge in [-0.2, -0.15) is 0 Å². The van der Waals surface area contributed by atoms with Crippen molar-refractivity contribution in [2.24, 2.45) is 0 Å². The number of hydrogen-bond acceptors (Lipinski definition) is 2. The molecular weight excluding hydrogens is 236 g/mol. The van der Waals surface area contributed by atoms with Gasteiger partial charge in [0.1, 0.15) is 5.75 Å². The fourth-order valence-corrected chi connectivity index (χ4v) is 1.56. The van der Waals surface area contributed by atoms with E-state index in [0.717, 1.165) is 11.1 Å².